The van der Waals surface area contributed by atoms with E-state index in [-0.39, 0.29) is 17.1 Å². The van der Waals surface area contributed by atoms with Crippen molar-refractivity contribution < 1.29 is 9.90 Å². The Bertz CT molecular complexity index is 369. The Kier molecular flexibility index (Phi) is 3.26. The summed E-state index contributed by atoms with van der Waals surface area (Å²) in [4.78, 5) is 12.0. The normalized spacial score (nSPS) is 41.7. The third-order valence-electron chi connectivity index (χ3n) is 4.80. The smallest absolute Gasteiger partial charge is 0.159 e. The Morgan fingerprint density at radius 3 is 2.94 bits per heavy atom. The van der Waals surface area contributed by atoms with Crippen LogP contribution in [-0.4, -0.2) is 17.0 Å². The van der Waals surface area contributed by atoms with E-state index in [1.165, 1.54) is 0 Å². The van der Waals surface area contributed by atoms with Crippen molar-refractivity contribution in [3.05, 3.63) is 24.3 Å². The molecule has 2 aliphatic rings. The van der Waals surface area contributed by atoms with Gasteiger partial charge in [-0.05, 0) is 48.7 Å². The van der Waals surface area contributed by atoms with Gasteiger partial charge in [-0.2, -0.15) is 0 Å². The molecule has 1 saturated carbocycles. The number of rotatable bonds is 2. The minimum Gasteiger partial charge on any atom is -0.389 e. The second kappa shape index (κ2) is 4.41. The van der Waals surface area contributed by atoms with E-state index in [1.807, 2.05) is 6.08 Å². The lowest BCUT2D eigenvalue weighted by molar-refractivity contribution is -0.121. The van der Waals surface area contributed by atoms with Crippen molar-refractivity contribution in [1.29, 1.82) is 0 Å². The van der Waals surface area contributed by atoms with E-state index in [9.17, 15) is 9.90 Å². The van der Waals surface area contributed by atoms with E-state index in [4.69, 9.17) is 0 Å². The number of aliphatic hydroxyl groups is 1. The first kappa shape index (κ1) is 12.6. The van der Waals surface area contributed by atoms with Crippen LogP contribution >= 0.6 is 0 Å². The molecule has 0 heterocycles. The molecule has 0 saturated heterocycles. The summed E-state index contributed by atoms with van der Waals surface area (Å²) < 4.78 is 0. The minimum atomic E-state index is -0.412. The Morgan fingerprint density at radius 1 is 1.59 bits per heavy atom. The maximum Gasteiger partial charge on any atom is 0.159 e. The summed E-state index contributed by atoms with van der Waals surface area (Å²) in [5.74, 6) is 0.775. The molecule has 2 aliphatic carbocycles. The molecule has 0 unspecified atom stereocenters. The summed E-state index contributed by atoms with van der Waals surface area (Å²) in [6.07, 6.45) is 6.59. The lowest BCUT2D eigenvalue weighted by Crippen LogP contribution is -2.44. The lowest BCUT2D eigenvalue weighted by atomic mass is 9.57. The molecule has 2 heteroatoms. The van der Waals surface area contributed by atoms with Crippen molar-refractivity contribution in [2.24, 2.45) is 17.3 Å². The van der Waals surface area contributed by atoms with Crippen LogP contribution in [0.3, 0.4) is 0 Å². The van der Waals surface area contributed by atoms with E-state index >= 15 is 0 Å². The quantitative estimate of drug-likeness (QED) is 0.746. The van der Waals surface area contributed by atoms with Crippen molar-refractivity contribution >= 4 is 5.78 Å². The van der Waals surface area contributed by atoms with Gasteiger partial charge in [0.05, 0.1) is 6.10 Å². The molecule has 4 atom stereocenters. The predicted octanol–water partition coefficient (Wildman–Crippen LogP) is 2.88. The van der Waals surface area contributed by atoms with E-state index in [0.717, 1.165) is 31.3 Å². The summed E-state index contributed by atoms with van der Waals surface area (Å²) in [5.41, 5.74) is 0.973. The molecule has 0 aromatic heterocycles. The van der Waals surface area contributed by atoms with Gasteiger partial charge >= 0.3 is 0 Å². The molecule has 0 aliphatic heterocycles. The van der Waals surface area contributed by atoms with Crippen LogP contribution in [0.1, 0.15) is 39.5 Å². The van der Waals surface area contributed by atoms with Crippen molar-refractivity contribution in [2.75, 3.05) is 0 Å². The van der Waals surface area contributed by atoms with Crippen LogP contribution in [-0.2, 0) is 4.79 Å². The topological polar surface area (TPSA) is 37.3 Å². The van der Waals surface area contributed by atoms with Crippen molar-refractivity contribution in [1.82, 2.24) is 0 Å². The highest BCUT2D eigenvalue weighted by molar-refractivity contribution is 5.94. The molecule has 2 nitrogen and oxygen atoms in total. The molecule has 0 aromatic rings. The molecule has 1 N–H and O–H groups in total. The van der Waals surface area contributed by atoms with Crippen LogP contribution in [0.15, 0.2) is 24.3 Å². The van der Waals surface area contributed by atoms with Gasteiger partial charge in [-0.3, -0.25) is 4.79 Å². The predicted molar refractivity (Wildman–Crippen MR) is 68.5 cm³/mol. The van der Waals surface area contributed by atoms with Gasteiger partial charge in [0.2, 0.25) is 0 Å². The van der Waals surface area contributed by atoms with Crippen molar-refractivity contribution in [3.8, 4) is 0 Å². The second-order valence-electron chi connectivity index (χ2n) is 5.84. The fraction of sp³-hybridized carbons (Fsp3) is 0.667. The van der Waals surface area contributed by atoms with Gasteiger partial charge < -0.3 is 5.11 Å². The minimum absolute atomic E-state index is 0.000741. The van der Waals surface area contributed by atoms with E-state index < -0.39 is 6.10 Å². The number of hydrogen-bond donors (Lipinski definition) is 1. The highest BCUT2D eigenvalue weighted by Crippen LogP contribution is 2.51. The first-order chi connectivity index (χ1) is 7.99. The number of carbonyl (C=O) groups excluding carboxylic acids is 1. The molecule has 1 fully saturated rings. The van der Waals surface area contributed by atoms with Crippen molar-refractivity contribution in [3.63, 3.8) is 0 Å². The average Bonchev–Trinajstić information content (AvgIpc) is 2.28. The molecular weight excluding hydrogens is 212 g/mol. The Balaban J connectivity index is 2.36. The van der Waals surface area contributed by atoms with Gasteiger partial charge in [0.1, 0.15) is 0 Å². The van der Waals surface area contributed by atoms with Crippen LogP contribution in [0.4, 0.5) is 0 Å². The third kappa shape index (κ3) is 1.99. The van der Waals surface area contributed by atoms with Gasteiger partial charge in [-0.25, -0.2) is 0 Å². The fourth-order valence-corrected chi connectivity index (χ4v) is 3.41. The Labute approximate surface area is 103 Å². The van der Waals surface area contributed by atoms with Gasteiger partial charge in [-0.15, -0.1) is 6.58 Å². The van der Waals surface area contributed by atoms with Gasteiger partial charge in [-0.1, -0.05) is 19.9 Å². The van der Waals surface area contributed by atoms with E-state index in [0.29, 0.717) is 5.92 Å². The summed E-state index contributed by atoms with van der Waals surface area (Å²) in [6.45, 7) is 8.17. The molecule has 17 heavy (non-hydrogen) atoms. The molecular formula is C15H22O2. The van der Waals surface area contributed by atoms with E-state index in [2.05, 4.69) is 20.4 Å². The summed E-state index contributed by atoms with van der Waals surface area (Å²) >= 11 is 0. The average molecular weight is 234 g/mol. The van der Waals surface area contributed by atoms with Crippen LogP contribution in [0.2, 0.25) is 0 Å². The van der Waals surface area contributed by atoms with Gasteiger partial charge in [0, 0.05) is 5.92 Å². The molecule has 0 radical (unpaired) electrons. The molecule has 0 amide bonds. The van der Waals surface area contributed by atoms with E-state index in [1.54, 1.807) is 6.08 Å². The molecule has 0 bridgehead atoms. The van der Waals surface area contributed by atoms with Gasteiger partial charge in [0.25, 0.3) is 0 Å². The monoisotopic (exact) mass is 234 g/mol. The van der Waals surface area contributed by atoms with Crippen molar-refractivity contribution in [2.45, 2.75) is 45.6 Å². The van der Waals surface area contributed by atoms with Crippen LogP contribution in [0.25, 0.3) is 0 Å². The zero-order valence-electron chi connectivity index (χ0n) is 10.8. The zero-order chi connectivity index (χ0) is 12.6. The summed E-state index contributed by atoms with van der Waals surface area (Å²) in [5, 5.41) is 10.1. The highest BCUT2D eigenvalue weighted by atomic mass is 16.3. The standard InChI is InChI=1S/C15H22O2/c1-4-5-11-9-15(3)10(2)6-7-13(16)12(15)8-14(11)17/h4,8,10-11,13,16H,1,5-7,9H2,2-3H3/t10-,11+,13+,15+/m0/s1. The number of carbonyl (C=O) groups is 1. The second-order valence-corrected chi connectivity index (χ2v) is 5.84. The maximum atomic E-state index is 12.0. The maximum absolute atomic E-state index is 12.0. The number of fused-ring (bicyclic) bond motifs is 1. The first-order valence-corrected chi connectivity index (χ1v) is 6.54. The number of ketones is 1. The SMILES string of the molecule is C=CC[C@@H]1C[C@@]2(C)C(=CC1=O)[C@H](O)CC[C@@H]2C. The lowest BCUT2D eigenvalue weighted by Gasteiger charge is -2.48. The fourth-order valence-electron chi connectivity index (χ4n) is 3.41. The molecule has 94 valence electrons. The Morgan fingerprint density at radius 2 is 2.29 bits per heavy atom. The van der Waals surface area contributed by atoms with Crippen LogP contribution in [0, 0.1) is 17.3 Å². The molecule has 0 spiro atoms. The summed E-state index contributed by atoms with van der Waals surface area (Å²) in [6, 6.07) is 0. The highest BCUT2D eigenvalue weighted by Gasteiger charge is 2.46. The van der Waals surface area contributed by atoms with Gasteiger partial charge in [0.15, 0.2) is 5.78 Å². The molecule has 0 aromatic carbocycles. The first-order valence-electron chi connectivity index (χ1n) is 6.54. The van der Waals surface area contributed by atoms with Crippen LogP contribution < -0.4 is 0 Å². The third-order valence-corrected chi connectivity index (χ3v) is 4.80. The number of allylic oxidation sites excluding steroid dienone is 2. The Hall–Kier alpha value is -0.890. The summed E-state index contributed by atoms with van der Waals surface area (Å²) in [7, 11) is 0. The largest absolute Gasteiger partial charge is 0.389 e. The number of hydrogen-bond acceptors (Lipinski definition) is 2. The number of aliphatic hydroxyl groups excluding tert-OH is 1. The molecule has 2 rings (SSSR count). The zero-order valence-corrected chi connectivity index (χ0v) is 10.8. The van der Waals surface area contributed by atoms with Crippen LogP contribution in [0.5, 0.6) is 0 Å².